The molecule has 0 saturated carbocycles. The molecule has 0 aliphatic heterocycles. The van der Waals surface area contributed by atoms with Crippen LogP contribution in [-0.2, 0) is 0 Å². The summed E-state index contributed by atoms with van der Waals surface area (Å²) in [5.41, 5.74) is 2.66. The van der Waals surface area contributed by atoms with E-state index in [0.29, 0.717) is 28.2 Å². The molecule has 0 unspecified atom stereocenters. The van der Waals surface area contributed by atoms with Crippen molar-refractivity contribution in [2.45, 2.75) is 20.8 Å². The Hall–Kier alpha value is -2.44. The molecule has 142 valence electrons. The second kappa shape index (κ2) is 8.50. The zero-order valence-electron chi connectivity index (χ0n) is 15.9. The monoisotopic (exact) mass is 385 g/mol. The summed E-state index contributed by atoms with van der Waals surface area (Å²) in [5.74, 6) is -0.214. The van der Waals surface area contributed by atoms with E-state index in [9.17, 15) is 4.79 Å². The summed E-state index contributed by atoms with van der Waals surface area (Å²) in [4.78, 5) is 19.3. The van der Waals surface area contributed by atoms with Crippen LogP contribution in [-0.4, -0.2) is 51.8 Å². The molecular weight excluding hydrogens is 362 g/mol. The molecule has 0 atom stereocenters. The first-order chi connectivity index (χ1) is 13.1. The molecule has 0 spiro atoms. The van der Waals surface area contributed by atoms with Gasteiger partial charge in [0.1, 0.15) is 0 Å². The summed E-state index contributed by atoms with van der Waals surface area (Å²) in [5, 5.41) is 8.58. The summed E-state index contributed by atoms with van der Waals surface area (Å²) >= 11 is 6.57. The van der Waals surface area contributed by atoms with Gasteiger partial charge in [0.2, 0.25) is 0 Å². The number of likely N-dealkylation sites (N-methyl/N-ethyl adjacent to an activating group) is 1. The highest BCUT2D eigenvalue weighted by atomic mass is 35.5. The summed E-state index contributed by atoms with van der Waals surface area (Å²) in [6, 6.07) is 9.74. The van der Waals surface area contributed by atoms with Crippen LogP contribution >= 0.6 is 11.6 Å². The van der Waals surface area contributed by atoms with Crippen LogP contribution in [0.2, 0.25) is 5.02 Å². The number of rotatable bonds is 7. The largest absolute Gasteiger partial charge is 0.351 e. The number of aromatic nitrogens is 3. The molecule has 3 aromatic rings. The van der Waals surface area contributed by atoms with E-state index < -0.39 is 0 Å². The van der Waals surface area contributed by atoms with Gasteiger partial charge < -0.3 is 10.2 Å². The maximum atomic E-state index is 12.6. The molecule has 1 amide bonds. The Kier molecular flexibility index (Phi) is 6.08. The number of carbonyl (C=O) groups excluding carboxylic acids is 1. The zero-order valence-corrected chi connectivity index (χ0v) is 16.6. The maximum absolute atomic E-state index is 12.6. The van der Waals surface area contributed by atoms with Crippen LogP contribution < -0.4 is 5.32 Å². The molecule has 2 aromatic heterocycles. The number of benzene rings is 1. The Balaban J connectivity index is 1.87. The third-order valence-electron chi connectivity index (χ3n) is 4.66. The second-order valence-electron chi connectivity index (χ2n) is 6.30. The fourth-order valence-corrected chi connectivity index (χ4v) is 3.43. The Bertz CT molecular complexity index is 934. The maximum Gasteiger partial charge on any atom is 0.254 e. The fraction of sp³-hybridized carbons (Fsp3) is 0.350. The smallest absolute Gasteiger partial charge is 0.254 e. The highest BCUT2D eigenvalue weighted by molar-refractivity contribution is 6.38. The number of halogens is 1. The first kappa shape index (κ1) is 19.3. The molecule has 0 saturated heterocycles. The van der Waals surface area contributed by atoms with Crippen molar-refractivity contribution < 1.29 is 4.79 Å². The SMILES string of the molecule is CCN(CC)CCNC(=O)c1cnc2c(c(C)nn2-c2ccccc2)c1Cl. The van der Waals surface area contributed by atoms with Crippen LogP contribution in [0.1, 0.15) is 29.9 Å². The van der Waals surface area contributed by atoms with Gasteiger partial charge in [-0.2, -0.15) is 5.10 Å². The predicted molar refractivity (Wildman–Crippen MR) is 109 cm³/mol. The topological polar surface area (TPSA) is 63.1 Å². The van der Waals surface area contributed by atoms with Crippen molar-refractivity contribution in [2.75, 3.05) is 26.2 Å². The lowest BCUT2D eigenvalue weighted by Crippen LogP contribution is -2.34. The van der Waals surface area contributed by atoms with Gasteiger partial charge in [0.15, 0.2) is 5.65 Å². The van der Waals surface area contributed by atoms with Crippen molar-refractivity contribution in [3.8, 4) is 5.69 Å². The highest BCUT2D eigenvalue weighted by Crippen LogP contribution is 2.29. The number of hydrogen-bond acceptors (Lipinski definition) is 4. The molecular formula is C20H24ClN5O. The van der Waals surface area contributed by atoms with Gasteiger partial charge in [-0.3, -0.25) is 4.79 Å². The first-order valence-corrected chi connectivity index (χ1v) is 9.54. The van der Waals surface area contributed by atoms with E-state index in [1.807, 2.05) is 37.3 Å². The number of para-hydroxylation sites is 1. The summed E-state index contributed by atoms with van der Waals surface area (Å²) in [7, 11) is 0. The Morgan fingerprint density at radius 3 is 2.59 bits per heavy atom. The molecule has 0 fully saturated rings. The number of pyridine rings is 1. The van der Waals surface area contributed by atoms with E-state index in [2.05, 4.69) is 34.1 Å². The van der Waals surface area contributed by atoms with Crippen molar-refractivity contribution in [2.24, 2.45) is 0 Å². The van der Waals surface area contributed by atoms with E-state index in [4.69, 9.17) is 11.6 Å². The summed E-state index contributed by atoms with van der Waals surface area (Å²) < 4.78 is 1.75. The zero-order chi connectivity index (χ0) is 19.4. The summed E-state index contributed by atoms with van der Waals surface area (Å²) in [6.07, 6.45) is 1.53. The van der Waals surface area contributed by atoms with E-state index in [1.165, 1.54) is 6.20 Å². The average Bonchev–Trinajstić information content (AvgIpc) is 3.03. The molecule has 6 nitrogen and oxygen atoms in total. The number of amides is 1. The molecule has 1 N–H and O–H groups in total. The Morgan fingerprint density at radius 2 is 1.93 bits per heavy atom. The summed E-state index contributed by atoms with van der Waals surface area (Å²) in [6.45, 7) is 9.36. The van der Waals surface area contributed by atoms with Crippen LogP contribution in [0.5, 0.6) is 0 Å². The number of nitrogens with zero attached hydrogens (tertiary/aromatic N) is 4. The number of nitrogens with one attached hydrogen (secondary N) is 1. The Morgan fingerprint density at radius 1 is 1.22 bits per heavy atom. The lowest BCUT2D eigenvalue weighted by Gasteiger charge is -2.18. The molecule has 27 heavy (non-hydrogen) atoms. The van der Waals surface area contributed by atoms with Crippen LogP contribution in [0.4, 0.5) is 0 Å². The molecule has 0 radical (unpaired) electrons. The molecule has 0 aliphatic carbocycles. The third-order valence-corrected chi connectivity index (χ3v) is 5.05. The minimum absolute atomic E-state index is 0.214. The normalized spacial score (nSPS) is 11.3. The molecule has 2 heterocycles. The van der Waals surface area contributed by atoms with Crippen molar-refractivity contribution in [1.29, 1.82) is 0 Å². The van der Waals surface area contributed by atoms with E-state index in [0.717, 1.165) is 31.0 Å². The van der Waals surface area contributed by atoms with Crippen LogP contribution in [0.25, 0.3) is 16.7 Å². The Labute approximate surface area is 164 Å². The number of aryl methyl sites for hydroxylation is 1. The van der Waals surface area contributed by atoms with Crippen molar-refractivity contribution in [1.82, 2.24) is 25.0 Å². The number of hydrogen-bond donors (Lipinski definition) is 1. The molecule has 0 bridgehead atoms. The minimum atomic E-state index is -0.214. The van der Waals surface area contributed by atoms with Gasteiger partial charge in [0.25, 0.3) is 5.91 Å². The van der Waals surface area contributed by atoms with E-state index in [1.54, 1.807) is 4.68 Å². The second-order valence-corrected chi connectivity index (χ2v) is 6.68. The van der Waals surface area contributed by atoms with Gasteiger partial charge in [-0.05, 0) is 32.1 Å². The van der Waals surface area contributed by atoms with Crippen LogP contribution in [0.3, 0.4) is 0 Å². The fourth-order valence-electron chi connectivity index (χ4n) is 3.08. The molecule has 1 aromatic carbocycles. The van der Waals surface area contributed by atoms with Gasteiger partial charge in [-0.1, -0.05) is 43.6 Å². The number of carbonyl (C=O) groups is 1. The van der Waals surface area contributed by atoms with Crippen molar-refractivity contribution in [3.05, 3.63) is 52.8 Å². The van der Waals surface area contributed by atoms with Crippen molar-refractivity contribution >= 4 is 28.5 Å². The lowest BCUT2D eigenvalue weighted by atomic mass is 10.2. The van der Waals surface area contributed by atoms with Gasteiger partial charge in [0.05, 0.1) is 27.4 Å². The number of fused-ring (bicyclic) bond motifs is 1. The first-order valence-electron chi connectivity index (χ1n) is 9.16. The van der Waals surface area contributed by atoms with Crippen molar-refractivity contribution in [3.63, 3.8) is 0 Å². The highest BCUT2D eigenvalue weighted by Gasteiger charge is 2.19. The van der Waals surface area contributed by atoms with E-state index >= 15 is 0 Å². The van der Waals surface area contributed by atoms with Gasteiger partial charge in [0, 0.05) is 19.3 Å². The third kappa shape index (κ3) is 3.96. The standard InChI is InChI=1S/C20H24ClN5O/c1-4-25(5-2)12-11-22-20(27)16-13-23-19-17(18(16)21)14(3)24-26(19)15-9-7-6-8-10-15/h6-10,13H,4-5,11-12H2,1-3H3,(H,22,27). The van der Waals surface area contributed by atoms with Gasteiger partial charge in [-0.25, -0.2) is 9.67 Å². The molecule has 3 rings (SSSR count). The minimum Gasteiger partial charge on any atom is -0.351 e. The van der Waals surface area contributed by atoms with Crippen LogP contribution in [0.15, 0.2) is 36.5 Å². The quantitative estimate of drug-likeness (QED) is 0.676. The molecule has 7 heteroatoms. The molecule has 0 aliphatic rings. The van der Waals surface area contributed by atoms with Gasteiger partial charge >= 0.3 is 0 Å². The van der Waals surface area contributed by atoms with Gasteiger partial charge in [-0.15, -0.1) is 0 Å². The average molecular weight is 386 g/mol. The predicted octanol–water partition coefficient (Wildman–Crippen LogP) is 3.45. The lowest BCUT2D eigenvalue weighted by molar-refractivity contribution is 0.0949. The van der Waals surface area contributed by atoms with E-state index in [-0.39, 0.29) is 5.91 Å². The van der Waals surface area contributed by atoms with Crippen LogP contribution in [0, 0.1) is 6.92 Å².